The molecule has 0 radical (unpaired) electrons. The number of rotatable bonds is 6. The molecule has 1 saturated heterocycles. The van der Waals surface area contributed by atoms with E-state index in [4.69, 9.17) is 10.5 Å². The summed E-state index contributed by atoms with van der Waals surface area (Å²) in [5.74, 6) is 0.667. The monoisotopic (exact) mass is 356 g/mol. The molecule has 1 aliphatic rings. The zero-order valence-electron chi connectivity index (χ0n) is 13.9. The molecule has 2 aromatic heterocycles. The first-order valence-corrected chi connectivity index (χ1v) is 8.28. The number of hydrogen-bond acceptors (Lipinski definition) is 6. The van der Waals surface area contributed by atoms with Gasteiger partial charge in [0, 0.05) is 6.54 Å². The number of unbranched alkanes of at least 4 members (excludes halogenated alkanes) is 1. The van der Waals surface area contributed by atoms with Crippen LogP contribution in [0.3, 0.4) is 0 Å². The number of anilines is 1. The number of piperidine rings is 1. The minimum atomic E-state index is -0.197. The number of nitrogen functional groups attached to an aromatic ring is 1. The lowest BCUT2D eigenvalue weighted by molar-refractivity contribution is 0.286. The topological polar surface area (TPSA) is 111 Å². The third kappa shape index (κ3) is 3.99. The lowest BCUT2D eigenvalue weighted by Crippen LogP contribution is -2.34. The van der Waals surface area contributed by atoms with Crippen molar-refractivity contribution in [2.75, 3.05) is 25.4 Å². The van der Waals surface area contributed by atoms with Crippen molar-refractivity contribution in [3.8, 4) is 6.01 Å². The SMILES string of the molecule is CCCCOc1nc(N)c2[nH]c(=O)n(C[C@H]3CCCNC3)c2n1.Cl. The van der Waals surface area contributed by atoms with E-state index in [0.717, 1.165) is 38.8 Å². The van der Waals surface area contributed by atoms with Crippen LogP contribution in [-0.4, -0.2) is 39.2 Å². The largest absolute Gasteiger partial charge is 0.463 e. The second-order valence-electron chi connectivity index (χ2n) is 6.05. The van der Waals surface area contributed by atoms with Crippen LogP contribution in [0.1, 0.15) is 32.6 Å². The third-order valence-electron chi connectivity index (χ3n) is 4.20. The van der Waals surface area contributed by atoms with E-state index in [0.29, 0.717) is 30.2 Å². The molecular formula is C15H25ClN6O2. The number of nitrogens with one attached hydrogen (secondary N) is 2. The molecule has 0 spiro atoms. The van der Waals surface area contributed by atoms with Crippen molar-refractivity contribution in [1.82, 2.24) is 24.8 Å². The van der Waals surface area contributed by atoms with Gasteiger partial charge < -0.3 is 20.8 Å². The maximum atomic E-state index is 12.3. The zero-order valence-corrected chi connectivity index (χ0v) is 14.7. The fourth-order valence-corrected chi connectivity index (χ4v) is 2.91. The van der Waals surface area contributed by atoms with E-state index < -0.39 is 0 Å². The highest BCUT2D eigenvalue weighted by Crippen LogP contribution is 2.20. The summed E-state index contributed by atoms with van der Waals surface area (Å²) in [5.41, 5.74) is 6.77. The maximum Gasteiger partial charge on any atom is 0.327 e. The van der Waals surface area contributed by atoms with Gasteiger partial charge in [-0.15, -0.1) is 12.4 Å². The van der Waals surface area contributed by atoms with Crippen molar-refractivity contribution < 1.29 is 4.74 Å². The molecule has 1 aliphatic heterocycles. The molecule has 134 valence electrons. The molecule has 9 heteroatoms. The van der Waals surface area contributed by atoms with Crippen LogP contribution in [0.2, 0.25) is 0 Å². The van der Waals surface area contributed by atoms with Gasteiger partial charge in [-0.25, -0.2) is 4.79 Å². The Morgan fingerprint density at radius 1 is 1.42 bits per heavy atom. The molecule has 0 aromatic carbocycles. The summed E-state index contributed by atoms with van der Waals surface area (Å²) in [6.45, 7) is 5.21. The number of aromatic amines is 1. The first-order valence-electron chi connectivity index (χ1n) is 8.28. The van der Waals surface area contributed by atoms with Gasteiger partial charge in [0.1, 0.15) is 5.52 Å². The highest BCUT2D eigenvalue weighted by molar-refractivity contribution is 5.85. The van der Waals surface area contributed by atoms with Crippen molar-refractivity contribution >= 4 is 29.4 Å². The zero-order chi connectivity index (χ0) is 16.2. The van der Waals surface area contributed by atoms with Crippen molar-refractivity contribution in [1.29, 1.82) is 0 Å². The van der Waals surface area contributed by atoms with Crippen LogP contribution in [0, 0.1) is 5.92 Å². The summed E-state index contributed by atoms with van der Waals surface area (Å²) in [6.07, 6.45) is 4.19. The number of ether oxygens (including phenoxy) is 1. The third-order valence-corrected chi connectivity index (χ3v) is 4.20. The van der Waals surface area contributed by atoms with Crippen molar-refractivity contribution in [2.24, 2.45) is 5.92 Å². The molecular weight excluding hydrogens is 332 g/mol. The summed E-state index contributed by atoms with van der Waals surface area (Å²) in [5, 5.41) is 3.36. The summed E-state index contributed by atoms with van der Waals surface area (Å²) in [7, 11) is 0. The lowest BCUT2D eigenvalue weighted by Gasteiger charge is -2.22. The summed E-state index contributed by atoms with van der Waals surface area (Å²) in [6, 6.07) is 0.234. The van der Waals surface area contributed by atoms with Gasteiger partial charge in [0.15, 0.2) is 11.5 Å². The molecule has 0 saturated carbocycles. The van der Waals surface area contributed by atoms with Gasteiger partial charge in [-0.05, 0) is 38.3 Å². The van der Waals surface area contributed by atoms with E-state index in [-0.39, 0.29) is 29.9 Å². The predicted molar refractivity (Wildman–Crippen MR) is 95.8 cm³/mol. The van der Waals surface area contributed by atoms with Crippen LogP contribution in [0.25, 0.3) is 11.2 Å². The van der Waals surface area contributed by atoms with Crippen LogP contribution in [0.5, 0.6) is 6.01 Å². The number of nitrogens with two attached hydrogens (primary N) is 1. The van der Waals surface area contributed by atoms with Crippen molar-refractivity contribution in [3.05, 3.63) is 10.5 Å². The number of aromatic nitrogens is 4. The van der Waals surface area contributed by atoms with Gasteiger partial charge in [-0.1, -0.05) is 13.3 Å². The number of hydrogen-bond donors (Lipinski definition) is 3. The van der Waals surface area contributed by atoms with Crippen LogP contribution >= 0.6 is 12.4 Å². The van der Waals surface area contributed by atoms with Gasteiger partial charge in [0.25, 0.3) is 0 Å². The van der Waals surface area contributed by atoms with Crippen molar-refractivity contribution in [2.45, 2.75) is 39.2 Å². The maximum absolute atomic E-state index is 12.3. The van der Waals surface area contributed by atoms with E-state index in [1.54, 1.807) is 4.57 Å². The van der Waals surface area contributed by atoms with Crippen LogP contribution in [-0.2, 0) is 6.54 Å². The van der Waals surface area contributed by atoms with E-state index in [1.165, 1.54) is 0 Å². The molecule has 0 unspecified atom stereocenters. The predicted octanol–water partition coefficient (Wildman–Crippen LogP) is 1.30. The Bertz CT molecular complexity index is 723. The smallest absolute Gasteiger partial charge is 0.327 e. The Labute approximate surface area is 146 Å². The Balaban J connectivity index is 0.00000208. The molecule has 24 heavy (non-hydrogen) atoms. The molecule has 3 rings (SSSR count). The van der Waals surface area contributed by atoms with Gasteiger partial charge in [0.2, 0.25) is 0 Å². The van der Waals surface area contributed by atoms with Crippen LogP contribution < -0.4 is 21.5 Å². The normalized spacial score (nSPS) is 17.6. The van der Waals surface area contributed by atoms with Gasteiger partial charge >= 0.3 is 11.7 Å². The fourth-order valence-electron chi connectivity index (χ4n) is 2.91. The fraction of sp³-hybridized carbons (Fsp3) is 0.667. The standard InChI is InChI=1S/C15H24N6O2.ClH/c1-2-3-7-23-14-19-12(16)11-13(20-14)21(15(22)18-11)9-10-5-4-6-17-8-10;/h10,17H,2-9H2,1H3,(H,18,22)(H2,16,19,20);1H/t10-;/m0./s1. The Morgan fingerprint density at radius 2 is 2.25 bits per heavy atom. The minimum Gasteiger partial charge on any atom is -0.463 e. The van der Waals surface area contributed by atoms with E-state index in [2.05, 4.69) is 27.2 Å². The highest BCUT2D eigenvalue weighted by atomic mass is 35.5. The average Bonchev–Trinajstić information content (AvgIpc) is 2.86. The summed E-state index contributed by atoms with van der Waals surface area (Å²) in [4.78, 5) is 23.5. The quantitative estimate of drug-likeness (QED) is 0.673. The van der Waals surface area contributed by atoms with Crippen molar-refractivity contribution in [3.63, 3.8) is 0 Å². The van der Waals surface area contributed by atoms with E-state index >= 15 is 0 Å². The molecule has 1 atom stereocenters. The van der Waals surface area contributed by atoms with Gasteiger partial charge in [-0.3, -0.25) is 4.57 Å². The first kappa shape index (κ1) is 18.5. The molecule has 8 nitrogen and oxygen atoms in total. The van der Waals surface area contributed by atoms with Gasteiger partial charge in [0.05, 0.1) is 6.61 Å². The first-order chi connectivity index (χ1) is 11.2. The second kappa shape index (κ2) is 8.34. The van der Waals surface area contributed by atoms with Gasteiger partial charge in [-0.2, -0.15) is 9.97 Å². The van der Waals surface area contributed by atoms with Crippen LogP contribution in [0.4, 0.5) is 5.82 Å². The number of fused-ring (bicyclic) bond motifs is 1. The number of halogens is 1. The molecule has 2 aromatic rings. The van der Waals surface area contributed by atoms with E-state index in [9.17, 15) is 4.79 Å². The number of nitrogens with zero attached hydrogens (tertiary/aromatic N) is 3. The second-order valence-corrected chi connectivity index (χ2v) is 6.05. The molecule has 4 N–H and O–H groups in total. The average molecular weight is 357 g/mol. The molecule has 1 fully saturated rings. The summed E-state index contributed by atoms with van der Waals surface area (Å²) >= 11 is 0. The Hall–Kier alpha value is -1.80. The molecule has 0 aliphatic carbocycles. The highest BCUT2D eigenvalue weighted by Gasteiger charge is 2.19. The van der Waals surface area contributed by atoms with Crippen LogP contribution in [0.15, 0.2) is 4.79 Å². The molecule has 3 heterocycles. The Morgan fingerprint density at radius 3 is 2.96 bits per heavy atom. The van der Waals surface area contributed by atoms with E-state index in [1.807, 2.05) is 0 Å². The number of imidazole rings is 1. The number of H-pyrrole nitrogens is 1. The minimum absolute atomic E-state index is 0. The molecule has 0 amide bonds. The molecule has 0 bridgehead atoms. The summed E-state index contributed by atoms with van der Waals surface area (Å²) < 4.78 is 7.20. The Kier molecular flexibility index (Phi) is 6.44. The lowest BCUT2D eigenvalue weighted by atomic mass is 10.00.